The molecule has 1 amide bonds. The van der Waals surface area contributed by atoms with Crippen molar-refractivity contribution >= 4 is 34.7 Å². The molecule has 0 bridgehead atoms. The number of rotatable bonds is 3. The minimum atomic E-state index is -0.476. The van der Waals surface area contributed by atoms with Crippen molar-refractivity contribution in [3.05, 3.63) is 56.5 Å². The van der Waals surface area contributed by atoms with Crippen LogP contribution in [-0.2, 0) is 4.79 Å². The molecular weight excluding hydrogens is 380 g/mol. The highest BCUT2D eigenvalue weighted by atomic mass is 32.2. The van der Waals surface area contributed by atoms with Gasteiger partial charge in [-0.25, -0.2) is 4.90 Å². The lowest BCUT2D eigenvalue weighted by Gasteiger charge is -2.31. The molecule has 6 nitrogen and oxygen atoms in total. The topological polar surface area (TPSA) is 69.9 Å². The Morgan fingerprint density at radius 2 is 2.15 bits per heavy atom. The van der Waals surface area contributed by atoms with Gasteiger partial charge in [-0.3, -0.25) is 14.6 Å². The number of benzene rings is 1. The Balaban J connectivity index is 2.11. The molecule has 0 saturated carbocycles. The highest BCUT2D eigenvalue weighted by Gasteiger charge is 2.46. The predicted molar refractivity (Wildman–Crippen MR) is 107 cm³/mol. The Bertz CT molecular complexity index is 1090. The van der Waals surface area contributed by atoms with Crippen molar-refractivity contribution in [3.8, 4) is 11.3 Å². The standard InChI is InChI=1S/C19H18N4O2S2/c1-4-14(24)22-13-8-6-5-7-12(13)15-17(25)20-19(26-3)21-23(15)18(22)16-11(2)9-10-27-16/h5-10,18H,4H2,1-3H3/p+1/t18-/m1/s1. The van der Waals surface area contributed by atoms with Crippen molar-refractivity contribution in [2.75, 3.05) is 11.2 Å². The number of para-hydroxylation sites is 1. The van der Waals surface area contributed by atoms with Gasteiger partial charge >= 0.3 is 17.4 Å². The predicted octanol–water partition coefficient (Wildman–Crippen LogP) is 3.12. The molecule has 0 unspecified atom stereocenters. The van der Waals surface area contributed by atoms with E-state index in [1.54, 1.807) is 20.9 Å². The Kier molecular flexibility index (Phi) is 4.61. The number of carbonyl (C=O) groups excluding carboxylic acids is 1. The van der Waals surface area contributed by atoms with Crippen LogP contribution >= 0.6 is 23.1 Å². The molecule has 27 heavy (non-hydrogen) atoms. The average Bonchev–Trinajstić information content (AvgIpc) is 3.11. The molecule has 4 rings (SSSR count). The lowest BCUT2D eigenvalue weighted by atomic mass is 10.0. The molecule has 1 aliphatic heterocycles. The molecule has 2 aromatic heterocycles. The lowest BCUT2D eigenvalue weighted by molar-refractivity contribution is -0.762. The van der Waals surface area contributed by atoms with E-state index in [-0.39, 0.29) is 11.5 Å². The van der Waals surface area contributed by atoms with Crippen molar-refractivity contribution in [2.24, 2.45) is 0 Å². The summed E-state index contributed by atoms with van der Waals surface area (Å²) in [6.07, 6.45) is 1.75. The van der Waals surface area contributed by atoms with Crippen molar-refractivity contribution in [1.82, 2.24) is 10.1 Å². The molecule has 0 aliphatic carbocycles. The van der Waals surface area contributed by atoms with Crippen LogP contribution in [-0.4, -0.2) is 22.2 Å². The molecular formula is C19H19N4O2S2+. The number of aromatic amines is 1. The first-order chi connectivity index (χ1) is 13.1. The number of amides is 1. The van der Waals surface area contributed by atoms with Crippen LogP contribution in [0.3, 0.4) is 0 Å². The Labute approximate surface area is 164 Å². The van der Waals surface area contributed by atoms with Gasteiger partial charge < -0.3 is 0 Å². The summed E-state index contributed by atoms with van der Waals surface area (Å²) in [7, 11) is 0. The van der Waals surface area contributed by atoms with E-state index in [9.17, 15) is 9.59 Å². The highest BCUT2D eigenvalue weighted by molar-refractivity contribution is 7.98. The van der Waals surface area contributed by atoms with Gasteiger partial charge in [-0.2, -0.15) is 0 Å². The average molecular weight is 400 g/mol. The summed E-state index contributed by atoms with van der Waals surface area (Å²) < 4.78 is 1.71. The first-order valence-electron chi connectivity index (χ1n) is 8.62. The molecule has 8 heteroatoms. The smallest absolute Gasteiger partial charge is 0.291 e. The zero-order valence-electron chi connectivity index (χ0n) is 15.2. The van der Waals surface area contributed by atoms with E-state index in [4.69, 9.17) is 0 Å². The third-order valence-corrected chi connectivity index (χ3v) is 6.29. The van der Waals surface area contributed by atoms with Crippen LogP contribution in [0.15, 0.2) is 45.7 Å². The maximum atomic E-state index is 13.0. The number of carbonyl (C=O) groups is 1. The van der Waals surface area contributed by atoms with Crippen LogP contribution in [0.4, 0.5) is 5.69 Å². The number of anilines is 1. The second-order valence-corrected chi connectivity index (χ2v) is 7.98. The van der Waals surface area contributed by atoms with E-state index in [0.717, 1.165) is 16.1 Å². The summed E-state index contributed by atoms with van der Waals surface area (Å²) in [5, 5.41) is 7.20. The Hall–Kier alpha value is -2.45. The summed E-state index contributed by atoms with van der Waals surface area (Å²) in [6.45, 7) is 3.87. The van der Waals surface area contributed by atoms with E-state index in [1.807, 2.05) is 55.8 Å². The fourth-order valence-electron chi connectivity index (χ4n) is 3.39. The molecule has 1 aliphatic rings. The molecule has 3 aromatic rings. The van der Waals surface area contributed by atoms with Crippen molar-refractivity contribution in [3.63, 3.8) is 0 Å². The van der Waals surface area contributed by atoms with Gasteiger partial charge in [0.2, 0.25) is 11.1 Å². The molecule has 138 valence electrons. The number of thiophene rings is 1. The summed E-state index contributed by atoms with van der Waals surface area (Å²) in [6, 6.07) is 9.55. The van der Waals surface area contributed by atoms with Crippen LogP contribution in [0.2, 0.25) is 0 Å². The van der Waals surface area contributed by atoms with E-state index >= 15 is 0 Å². The summed E-state index contributed by atoms with van der Waals surface area (Å²) in [4.78, 5) is 31.5. The molecule has 1 N–H and O–H groups in total. The minimum absolute atomic E-state index is 0.00816. The lowest BCUT2D eigenvalue weighted by Crippen LogP contribution is -2.60. The van der Waals surface area contributed by atoms with Crippen molar-refractivity contribution < 1.29 is 9.48 Å². The van der Waals surface area contributed by atoms with Crippen molar-refractivity contribution in [2.45, 2.75) is 31.6 Å². The number of aromatic nitrogens is 3. The molecule has 1 atom stereocenters. The van der Waals surface area contributed by atoms with Crippen molar-refractivity contribution in [1.29, 1.82) is 0 Å². The normalized spacial score (nSPS) is 15.4. The SMILES string of the molecule is CCC(=O)N1c2ccccc2-c2c(=O)[nH]c(SC)n[n+]2[C@@H]1c1sccc1C. The van der Waals surface area contributed by atoms with Gasteiger partial charge in [-0.05, 0) is 47.0 Å². The molecule has 3 heterocycles. The zero-order chi connectivity index (χ0) is 19.1. The number of H-pyrrole nitrogens is 1. The second kappa shape index (κ2) is 6.94. The highest BCUT2D eigenvalue weighted by Crippen LogP contribution is 2.39. The fraction of sp³-hybridized carbons (Fsp3) is 0.263. The van der Waals surface area contributed by atoms with Gasteiger partial charge in [0.05, 0.1) is 11.3 Å². The number of aryl methyl sites for hydroxylation is 1. The van der Waals surface area contributed by atoms with Gasteiger partial charge in [0, 0.05) is 11.5 Å². The van der Waals surface area contributed by atoms with Crippen LogP contribution in [0.1, 0.15) is 30.0 Å². The minimum Gasteiger partial charge on any atom is -0.291 e. The number of hydrogen-bond donors (Lipinski definition) is 1. The fourth-order valence-corrected chi connectivity index (χ4v) is 4.76. The Morgan fingerprint density at radius 3 is 2.81 bits per heavy atom. The maximum absolute atomic E-state index is 13.0. The molecule has 0 spiro atoms. The van der Waals surface area contributed by atoms with Crippen LogP contribution in [0.5, 0.6) is 0 Å². The number of hydrogen-bond acceptors (Lipinski definition) is 5. The van der Waals surface area contributed by atoms with Crippen LogP contribution in [0, 0.1) is 6.92 Å². The monoisotopic (exact) mass is 399 g/mol. The maximum Gasteiger partial charge on any atom is 0.325 e. The largest absolute Gasteiger partial charge is 0.325 e. The van der Waals surface area contributed by atoms with E-state index in [1.165, 1.54) is 11.8 Å². The summed E-state index contributed by atoms with van der Waals surface area (Å²) in [5.41, 5.74) is 2.80. The van der Waals surface area contributed by atoms with Gasteiger partial charge in [0.25, 0.3) is 0 Å². The van der Waals surface area contributed by atoms with Crippen LogP contribution in [0.25, 0.3) is 11.3 Å². The molecule has 1 aromatic carbocycles. The third kappa shape index (κ3) is 2.80. The van der Waals surface area contributed by atoms with Crippen LogP contribution < -0.4 is 15.1 Å². The number of fused-ring (bicyclic) bond motifs is 3. The number of nitrogens with zero attached hydrogens (tertiary/aromatic N) is 3. The third-order valence-electron chi connectivity index (χ3n) is 4.66. The number of thioether (sulfide) groups is 1. The zero-order valence-corrected chi connectivity index (χ0v) is 16.9. The van der Waals surface area contributed by atoms with E-state index in [2.05, 4.69) is 10.1 Å². The van der Waals surface area contributed by atoms with Gasteiger partial charge in [0.1, 0.15) is 4.88 Å². The molecule has 0 fully saturated rings. The molecule has 0 saturated heterocycles. The summed E-state index contributed by atoms with van der Waals surface area (Å²) >= 11 is 2.94. The molecule has 0 radical (unpaired) electrons. The van der Waals surface area contributed by atoms with E-state index < -0.39 is 6.17 Å². The summed E-state index contributed by atoms with van der Waals surface area (Å²) in [5.74, 6) is -0.00816. The van der Waals surface area contributed by atoms with Gasteiger partial charge in [0.15, 0.2) is 0 Å². The quantitative estimate of drug-likeness (QED) is 0.543. The first-order valence-corrected chi connectivity index (χ1v) is 10.7. The Morgan fingerprint density at radius 1 is 1.37 bits per heavy atom. The first kappa shape index (κ1) is 17.9. The second-order valence-electron chi connectivity index (χ2n) is 6.23. The van der Waals surface area contributed by atoms with E-state index in [0.29, 0.717) is 22.8 Å². The van der Waals surface area contributed by atoms with Gasteiger partial charge in [-0.1, -0.05) is 30.8 Å². The van der Waals surface area contributed by atoms with Gasteiger partial charge in [-0.15, -0.1) is 11.3 Å². The number of nitrogens with one attached hydrogen (secondary N) is 1.